The lowest BCUT2D eigenvalue weighted by molar-refractivity contribution is -0.121. The molecule has 4 nitrogen and oxygen atoms in total. The molecular weight excluding hydrogens is 326 g/mol. The maximum atomic E-state index is 12.1. The van der Waals surface area contributed by atoms with Gasteiger partial charge >= 0.3 is 0 Å². The smallest absolute Gasteiger partial charge is 0.220 e. The summed E-state index contributed by atoms with van der Waals surface area (Å²) in [5.41, 5.74) is 1.20. The molecule has 0 saturated heterocycles. The molecule has 3 aromatic rings. The third-order valence-corrected chi connectivity index (χ3v) is 4.25. The fraction of sp³-hybridized carbons (Fsp3) is 0.227. The van der Waals surface area contributed by atoms with Crippen LogP contribution in [0.15, 0.2) is 66.7 Å². The Kier molecular flexibility index (Phi) is 6.09. The summed E-state index contributed by atoms with van der Waals surface area (Å²) in [5, 5.41) is 5.33. The summed E-state index contributed by atoms with van der Waals surface area (Å²) in [6.45, 7) is 0.923. The summed E-state index contributed by atoms with van der Waals surface area (Å²) in [6.07, 6.45) is 1.20. The molecule has 3 rings (SSSR count). The van der Waals surface area contributed by atoms with E-state index in [4.69, 9.17) is 9.47 Å². The standard InChI is InChI=1S/C22H23NO3/c1-25-19-10-12-20(13-11-19)26-16-15-23-22(24)14-9-18-7-4-6-17-5-2-3-8-21(17)18/h2-8,10-13H,9,14-16H2,1H3,(H,23,24). The number of methoxy groups -OCH3 is 1. The molecule has 1 amide bonds. The molecule has 4 heteroatoms. The Hall–Kier alpha value is -3.01. The van der Waals surface area contributed by atoms with Crippen molar-refractivity contribution in [1.82, 2.24) is 5.32 Å². The van der Waals surface area contributed by atoms with Crippen molar-refractivity contribution in [2.75, 3.05) is 20.3 Å². The molecule has 0 aromatic heterocycles. The molecule has 0 fully saturated rings. The average molecular weight is 349 g/mol. The Morgan fingerprint density at radius 2 is 1.65 bits per heavy atom. The summed E-state index contributed by atoms with van der Waals surface area (Å²) in [5.74, 6) is 1.59. The molecule has 0 saturated carbocycles. The van der Waals surface area contributed by atoms with Gasteiger partial charge < -0.3 is 14.8 Å². The maximum Gasteiger partial charge on any atom is 0.220 e. The van der Waals surface area contributed by atoms with Gasteiger partial charge in [0, 0.05) is 6.42 Å². The van der Waals surface area contributed by atoms with Crippen molar-refractivity contribution in [3.8, 4) is 11.5 Å². The minimum atomic E-state index is 0.0382. The Bertz CT molecular complexity index is 853. The number of carbonyl (C=O) groups is 1. The Morgan fingerprint density at radius 1 is 0.923 bits per heavy atom. The fourth-order valence-corrected chi connectivity index (χ4v) is 2.88. The molecular formula is C22H23NO3. The van der Waals surface area contributed by atoms with Gasteiger partial charge in [-0.2, -0.15) is 0 Å². The molecule has 0 aliphatic heterocycles. The number of aryl methyl sites for hydroxylation is 1. The van der Waals surface area contributed by atoms with Gasteiger partial charge in [0.1, 0.15) is 18.1 Å². The summed E-state index contributed by atoms with van der Waals surface area (Å²) < 4.78 is 10.7. The van der Waals surface area contributed by atoms with Crippen LogP contribution in [-0.2, 0) is 11.2 Å². The average Bonchev–Trinajstić information content (AvgIpc) is 2.70. The fourth-order valence-electron chi connectivity index (χ4n) is 2.88. The van der Waals surface area contributed by atoms with E-state index in [2.05, 4.69) is 29.6 Å². The molecule has 0 aliphatic rings. The van der Waals surface area contributed by atoms with Gasteiger partial charge in [0.25, 0.3) is 0 Å². The number of carbonyl (C=O) groups excluding carboxylic acids is 1. The third kappa shape index (κ3) is 4.76. The van der Waals surface area contributed by atoms with Gasteiger partial charge in [-0.1, -0.05) is 42.5 Å². The highest BCUT2D eigenvalue weighted by Crippen LogP contribution is 2.19. The minimum absolute atomic E-state index is 0.0382. The monoisotopic (exact) mass is 349 g/mol. The lowest BCUT2D eigenvalue weighted by atomic mass is 10.0. The lowest BCUT2D eigenvalue weighted by Crippen LogP contribution is -2.28. The highest BCUT2D eigenvalue weighted by Gasteiger charge is 2.05. The van der Waals surface area contributed by atoms with E-state index < -0.39 is 0 Å². The second kappa shape index (κ2) is 8.90. The zero-order valence-electron chi connectivity index (χ0n) is 14.9. The number of nitrogens with one attached hydrogen (secondary N) is 1. The molecule has 0 atom stereocenters. The van der Waals surface area contributed by atoms with Crippen LogP contribution in [0.25, 0.3) is 10.8 Å². The molecule has 26 heavy (non-hydrogen) atoms. The van der Waals surface area contributed by atoms with Crippen LogP contribution >= 0.6 is 0 Å². The second-order valence-electron chi connectivity index (χ2n) is 6.01. The van der Waals surface area contributed by atoms with Crippen LogP contribution < -0.4 is 14.8 Å². The quantitative estimate of drug-likeness (QED) is 0.626. The minimum Gasteiger partial charge on any atom is -0.497 e. The van der Waals surface area contributed by atoms with Crippen molar-refractivity contribution in [2.24, 2.45) is 0 Å². The second-order valence-corrected chi connectivity index (χ2v) is 6.01. The van der Waals surface area contributed by atoms with Crippen molar-refractivity contribution < 1.29 is 14.3 Å². The van der Waals surface area contributed by atoms with Crippen LogP contribution in [0.2, 0.25) is 0 Å². The van der Waals surface area contributed by atoms with Crippen molar-refractivity contribution in [1.29, 1.82) is 0 Å². The zero-order chi connectivity index (χ0) is 18.2. The number of ether oxygens (including phenoxy) is 2. The van der Waals surface area contributed by atoms with E-state index in [1.54, 1.807) is 7.11 Å². The van der Waals surface area contributed by atoms with Crippen LogP contribution in [0.3, 0.4) is 0 Å². The van der Waals surface area contributed by atoms with Crippen molar-refractivity contribution >= 4 is 16.7 Å². The highest BCUT2D eigenvalue weighted by atomic mass is 16.5. The summed E-state index contributed by atoms with van der Waals surface area (Å²) in [7, 11) is 1.63. The molecule has 0 bridgehead atoms. The topological polar surface area (TPSA) is 47.6 Å². The number of hydrogen-bond acceptors (Lipinski definition) is 3. The van der Waals surface area contributed by atoms with Crippen molar-refractivity contribution in [2.45, 2.75) is 12.8 Å². The van der Waals surface area contributed by atoms with Gasteiger partial charge in [0.2, 0.25) is 5.91 Å². The molecule has 0 spiro atoms. The number of fused-ring (bicyclic) bond motifs is 1. The maximum absolute atomic E-state index is 12.1. The number of amides is 1. The van der Waals surface area contributed by atoms with E-state index in [-0.39, 0.29) is 5.91 Å². The predicted octanol–water partition coefficient (Wildman–Crippen LogP) is 3.98. The third-order valence-electron chi connectivity index (χ3n) is 4.25. The SMILES string of the molecule is COc1ccc(OCCNC(=O)CCc2cccc3ccccc23)cc1. The Morgan fingerprint density at radius 3 is 2.46 bits per heavy atom. The normalized spacial score (nSPS) is 10.5. The lowest BCUT2D eigenvalue weighted by Gasteiger charge is -2.09. The molecule has 134 valence electrons. The zero-order valence-corrected chi connectivity index (χ0v) is 14.9. The number of hydrogen-bond donors (Lipinski definition) is 1. The van der Waals surface area contributed by atoms with Gasteiger partial charge in [0.05, 0.1) is 13.7 Å². The van der Waals surface area contributed by atoms with Crippen molar-refractivity contribution in [3.05, 3.63) is 72.3 Å². The van der Waals surface area contributed by atoms with E-state index in [1.807, 2.05) is 42.5 Å². The molecule has 0 aliphatic carbocycles. The number of rotatable bonds is 8. The summed E-state index contributed by atoms with van der Waals surface area (Å²) in [4.78, 5) is 12.1. The van der Waals surface area contributed by atoms with E-state index >= 15 is 0 Å². The van der Waals surface area contributed by atoms with E-state index in [0.29, 0.717) is 19.6 Å². The van der Waals surface area contributed by atoms with Gasteiger partial charge in [-0.3, -0.25) is 4.79 Å². The number of benzene rings is 3. The first-order valence-electron chi connectivity index (χ1n) is 8.76. The van der Waals surface area contributed by atoms with Crippen LogP contribution in [0, 0.1) is 0 Å². The molecule has 3 aromatic carbocycles. The molecule has 0 unspecified atom stereocenters. The van der Waals surface area contributed by atoms with Crippen LogP contribution in [-0.4, -0.2) is 26.2 Å². The molecule has 0 radical (unpaired) electrons. The van der Waals surface area contributed by atoms with Crippen LogP contribution in [0.5, 0.6) is 11.5 Å². The highest BCUT2D eigenvalue weighted by molar-refractivity contribution is 5.86. The first-order valence-corrected chi connectivity index (χ1v) is 8.76. The van der Waals surface area contributed by atoms with Gasteiger partial charge in [0.15, 0.2) is 0 Å². The first-order chi connectivity index (χ1) is 12.8. The molecule has 0 heterocycles. The van der Waals surface area contributed by atoms with Crippen molar-refractivity contribution in [3.63, 3.8) is 0 Å². The van der Waals surface area contributed by atoms with E-state index in [0.717, 1.165) is 17.9 Å². The summed E-state index contributed by atoms with van der Waals surface area (Å²) >= 11 is 0. The predicted molar refractivity (Wildman–Crippen MR) is 104 cm³/mol. The van der Waals surface area contributed by atoms with Gasteiger partial charge in [-0.15, -0.1) is 0 Å². The Labute approximate surface area is 153 Å². The van der Waals surface area contributed by atoms with Gasteiger partial charge in [-0.05, 0) is 47.0 Å². The Balaban J connectivity index is 1.41. The molecule has 1 N–H and O–H groups in total. The van der Waals surface area contributed by atoms with Crippen LogP contribution in [0.1, 0.15) is 12.0 Å². The first kappa shape index (κ1) is 17.8. The van der Waals surface area contributed by atoms with Gasteiger partial charge in [-0.25, -0.2) is 0 Å². The largest absolute Gasteiger partial charge is 0.497 e. The van der Waals surface area contributed by atoms with E-state index in [9.17, 15) is 4.79 Å². The van der Waals surface area contributed by atoms with E-state index in [1.165, 1.54) is 16.3 Å². The van der Waals surface area contributed by atoms with Crippen LogP contribution in [0.4, 0.5) is 0 Å². The summed E-state index contributed by atoms with van der Waals surface area (Å²) in [6, 6.07) is 21.9.